The van der Waals surface area contributed by atoms with Gasteiger partial charge in [-0.2, -0.15) is 0 Å². The molecule has 108 valence electrons. The van der Waals surface area contributed by atoms with Gasteiger partial charge in [0.2, 0.25) is 0 Å². The third-order valence-electron chi connectivity index (χ3n) is 4.88. The van der Waals surface area contributed by atoms with Crippen LogP contribution in [0.3, 0.4) is 0 Å². The largest absolute Gasteiger partial charge is 0.391 e. The maximum absolute atomic E-state index is 10.8. The standard InChI is InChI=1S/C15H27N3O/c1-4-15(5-2,18-9-6-7-10-18)13(19)12-14-16-8-11-17(14)3/h8,11,13,19H,4-7,9-10,12H2,1-3H3. The molecule has 1 aromatic heterocycles. The molecule has 0 spiro atoms. The van der Waals surface area contributed by atoms with Crippen molar-refractivity contribution in [3.8, 4) is 0 Å². The number of hydrogen-bond acceptors (Lipinski definition) is 3. The highest BCUT2D eigenvalue weighted by molar-refractivity contribution is 5.02. The Morgan fingerprint density at radius 2 is 1.95 bits per heavy atom. The van der Waals surface area contributed by atoms with Crippen LogP contribution in [0, 0.1) is 0 Å². The van der Waals surface area contributed by atoms with E-state index in [1.54, 1.807) is 6.20 Å². The SMILES string of the molecule is CCC(CC)(C(O)Cc1nccn1C)N1CCCC1. The lowest BCUT2D eigenvalue weighted by Gasteiger charge is -2.44. The highest BCUT2D eigenvalue weighted by atomic mass is 16.3. The lowest BCUT2D eigenvalue weighted by molar-refractivity contribution is -0.0281. The molecule has 1 atom stereocenters. The van der Waals surface area contributed by atoms with Crippen LogP contribution in [-0.2, 0) is 13.5 Å². The summed E-state index contributed by atoms with van der Waals surface area (Å²) in [6, 6.07) is 0. The van der Waals surface area contributed by atoms with Gasteiger partial charge < -0.3 is 9.67 Å². The quantitative estimate of drug-likeness (QED) is 0.855. The summed E-state index contributed by atoms with van der Waals surface area (Å²) in [7, 11) is 1.99. The van der Waals surface area contributed by atoms with E-state index in [1.807, 2.05) is 17.8 Å². The summed E-state index contributed by atoms with van der Waals surface area (Å²) in [5.41, 5.74) is -0.0809. The van der Waals surface area contributed by atoms with E-state index < -0.39 is 0 Å². The predicted octanol–water partition coefficient (Wildman–Crippen LogP) is 1.98. The van der Waals surface area contributed by atoms with Gasteiger partial charge in [0.25, 0.3) is 0 Å². The van der Waals surface area contributed by atoms with Crippen molar-refractivity contribution in [1.82, 2.24) is 14.5 Å². The van der Waals surface area contributed by atoms with E-state index >= 15 is 0 Å². The second-order valence-corrected chi connectivity index (χ2v) is 5.68. The number of aryl methyl sites for hydroxylation is 1. The topological polar surface area (TPSA) is 41.3 Å². The molecule has 19 heavy (non-hydrogen) atoms. The smallest absolute Gasteiger partial charge is 0.111 e. The number of aliphatic hydroxyl groups excluding tert-OH is 1. The van der Waals surface area contributed by atoms with Crippen molar-refractivity contribution in [1.29, 1.82) is 0 Å². The molecular weight excluding hydrogens is 238 g/mol. The van der Waals surface area contributed by atoms with Crippen molar-refractivity contribution in [2.24, 2.45) is 7.05 Å². The van der Waals surface area contributed by atoms with Gasteiger partial charge in [-0.1, -0.05) is 13.8 Å². The fourth-order valence-corrected chi connectivity index (χ4v) is 3.50. The van der Waals surface area contributed by atoms with Crippen LogP contribution in [0.15, 0.2) is 12.4 Å². The van der Waals surface area contributed by atoms with Gasteiger partial charge in [0.05, 0.1) is 6.10 Å². The van der Waals surface area contributed by atoms with Crippen molar-refractivity contribution in [3.63, 3.8) is 0 Å². The summed E-state index contributed by atoms with van der Waals surface area (Å²) in [5, 5.41) is 10.8. The van der Waals surface area contributed by atoms with Crippen molar-refractivity contribution in [2.45, 2.75) is 57.6 Å². The summed E-state index contributed by atoms with van der Waals surface area (Å²) in [6.07, 6.45) is 8.55. The van der Waals surface area contributed by atoms with Crippen LogP contribution in [0.4, 0.5) is 0 Å². The molecular formula is C15H27N3O. The summed E-state index contributed by atoms with van der Waals surface area (Å²) < 4.78 is 2.00. The highest BCUT2D eigenvalue weighted by Crippen LogP contribution is 2.32. The van der Waals surface area contributed by atoms with E-state index in [1.165, 1.54) is 12.8 Å². The normalized spacial score (nSPS) is 18.9. The molecule has 4 nitrogen and oxygen atoms in total. The first-order chi connectivity index (χ1) is 9.14. The van der Waals surface area contributed by atoms with Crippen LogP contribution in [0.2, 0.25) is 0 Å². The van der Waals surface area contributed by atoms with Gasteiger partial charge in [0.15, 0.2) is 0 Å². The number of nitrogens with zero attached hydrogens (tertiary/aromatic N) is 3. The molecule has 0 aliphatic carbocycles. The molecule has 1 N–H and O–H groups in total. The van der Waals surface area contributed by atoms with Crippen LogP contribution in [0.5, 0.6) is 0 Å². The molecule has 0 bridgehead atoms. The third-order valence-corrected chi connectivity index (χ3v) is 4.88. The number of aromatic nitrogens is 2. The van der Waals surface area contributed by atoms with Crippen molar-refractivity contribution < 1.29 is 5.11 Å². The summed E-state index contributed by atoms with van der Waals surface area (Å²) >= 11 is 0. The second kappa shape index (κ2) is 6.06. The Morgan fingerprint density at radius 3 is 2.42 bits per heavy atom. The molecule has 1 saturated heterocycles. The molecule has 1 aromatic rings. The Bertz CT molecular complexity index is 392. The van der Waals surface area contributed by atoms with Crippen molar-refractivity contribution in [2.75, 3.05) is 13.1 Å². The van der Waals surface area contributed by atoms with E-state index in [-0.39, 0.29) is 11.6 Å². The van der Waals surface area contributed by atoms with Crippen molar-refractivity contribution in [3.05, 3.63) is 18.2 Å². The molecule has 1 unspecified atom stereocenters. The first-order valence-corrected chi connectivity index (χ1v) is 7.53. The van der Waals surface area contributed by atoms with Gasteiger partial charge >= 0.3 is 0 Å². The van der Waals surface area contributed by atoms with E-state index in [4.69, 9.17) is 0 Å². The molecule has 2 heterocycles. The van der Waals surface area contributed by atoms with Crippen LogP contribution < -0.4 is 0 Å². The van der Waals surface area contributed by atoms with Crippen LogP contribution >= 0.6 is 0 Å². The van der Waals surface area contributed by atoms with Gasteiger partial charge in [-0.3, -0.25) is 4.90 Å². The maximum atomic E-state index is 10.8. The molecule has 1 aliphatic heterocycles. The van der Waals surface area contributed by atoms with Crippen LogP contribution in [-0.4, -0.2) is 44.3 Å². The van der Waals surface area contributed by atoms with E-state index in [0.29, 0.717) is 6.42 Å². The molecule has 1 aliphatic rings. The number of likely N-dealkylation sites (tertiary alicyclic amines) is 1. The fraction of sp³-hybridized carbons (Fsp3) is 0.800. The van der Waals surface area contributed by atoms with Crippen LogP contribution in [0.25, 0.3) is 0 Å². The molecule has 2 rings (SSSR count). The summed E-state index contributed by atoms with van der Waals surface area (Å²) in [6.45, 7) is 6.64. The number of hydrogen-bond donors (Lipinski definition) is 1. The Labute approximate surface area is 116 Å². The minimum atomic E-state index is -0.346. The zero-order valence-corrected chi connectivity index (χ0v) is 12.5. The molecule has 4 heteroatoms. The highest BCUT2D eigenvalue weighted by Gasteiger charge is 2.41. The number of rotatable bonds is 6. The molecule has 1 fully saturated rings. The monoisotopic (exact) mass is 265 g/mol. The van der Waals surface area contributed by atoms with Gasteiger partial charge in [0.1, 0.15) is 5.82 Å². The van der Waals surface area contributed by atoms with Crippen LogP contribution in [0.1, 0.15) is 45.4 Å². The Balaban J connectivity index is 2.15. The zero-order valence-electron chi connectivity index (χ0n) is 12.5. The maximum Gasteiger partial charge on any atom is 0.111 e. The Hall–Kier alpha value is -0.870. The van der Waals surface area contributed by atoms with E-state index in [0.717, 1.165) is 31.8 Å². The third kappa shape index (κ3) is 2.70. The predicted molar refractivity (Wildman–Crippen MR) is 77.0 cm³/mol. The fourth-order valence-electron chi connectivity index (χ4n) is 3.50. The molecule has 0 saturated carbocycles. The summed E-state index contributed by atoms with van der Waals surface area (Å²) in [4.78, 5) is 6.85. The molecule has 0 radical (unpaired) electrons. The Kier molecular flexibility index (Phi) is 4.63. The van der Waals surface area contributed by atoms with Gasteiger partial charge in [-0.05, 0) is 38.8 Å². The minimum Gasteiger partial charge on any atom is -0.391 e. The van der Waals surface area contributed by atoms with E-state index in [2.05, 4.69) is 23.7 Å². The van der Waals surface area contributed by atoms with Crippen molar-refractivity contribution >= 4 is 0 Å². The average molecular weight is 265 g/mol. The van der Waals surface area contributed by atoms with E-state index in [9.17, 15) is 5.11 Å². The molecule has 0 amide bonds. The number of aliphatic hydroxyl groups is 1. The first-order valence-electron chi connectivity index (χ1n) is 7.53. The number of imidazole rings is 1. The van der Waals surface area contributed by atoms with Gasteiger partial charge in [-0.15, -0.1) is 0 Å². The lowest BCUT2D eigenvalue weighted by atomic mass is 9.83. The first kappa shape index (κ1) is 14.5. The summed E-state index contributed by atoms with van der Waals surface area (Å²) in [5.74, 6) is 0.970. The zero-order chi connectivity index (χ0) is 13.9. The molecule has 0 aromatic carbocycles. The lowest BCUT2D eigenvalue weighted by Crippen LogP contribution is -2.55. The average Bonchev–Trinajstić information content (AvgIpc) is 3.05. The minimum absolute atomic E-state index is 0.0809. The Morgan fingerprint density at radius 1 is 1.32 bits per heavy atom. The van der Waals surface area contributed by atoms with Gasteiger partial charge in [-0.25, -0.2) is 4.98 Å². The second-order valence-electron chi connectivity index (χ2n) is 5.68. The van der Waals surface area contributed by atoms with Gasteiger partial charge in [0, 0.05) is 31.4 Å².